The second-order valence-corrected chi connectivity index (χ2v) is 4.18. The number of benzene rings is 1. The van der Waals surface area contributed by atoms with Crippen LogP contribution in [-0.2, 0) is 0 Å². The quantitative estimate of drug-likeness (QED) is 0.635. The number of nitrogens with two attached hydrogens (primary N) is 1. The van der Waals surface area contributed by atoms with Crippen molar-refractivity contribution in [2.24, 2.45) is 11.7 Å². The number of nitriles is 3. The third kappa shape index (κ3) is 2.20. The molecule has 102 valence electrons. The normalized spacial score (nSPS) is 16.2. The Bertz CT molecular complexity index is 764. The first-order valence-corrected chi connectivity index (χ1v) is 5.68. The van der Waals surface area contributed by atoms with Crippen LogP contribution in [0, 0.1) is 50.0 Å². The van der Waals surface area contributed by atoms with Gasteiger partial charge in [0.2, 0.25) is 5.88 Å². The Hall–Kier alpha value is -3.57. The van der Waals surface area contributed by atoms with Crippen LogP contribution in [0.2, 0.25) is 0 Å². The molecular formula is C13H7N5O3. The lowest BCUT2D eigenvalue weighted by atomic mass is 9.80. The zero-order valence-electron chi connectivity index (χ0n) is 10.5. The number of fused-ring (bicyclic) bond motifs is 1. The molecule has 1 aliphatic rings. The van der Waals surface area contributed by atoms with Crippen molar-refractivity contribution in [3.8, 4) is 24.0 Å². The molecule has 0 unspecified atom stereocenters. The van der Waals surface area contributed by atoms with Gasteiger partial charge < -0.3 is 10.5 Å². The highest BCUT2D eigenvalue weighted by Crippen LogP contribution is 2.43. The van der Waals surface area contributed by atoms with Crippen LogP contribution in [0.15, 0.2) is 29.7 Å². The summed E-state index contributed by atoms with van der Waals surface area (Å²) in [6, 6.07) is 9.07. The second kappa shape index (κ2) is 5.20. The SMILES string of the molecule is N#CC1=C(N)Oc2ccc([N+](=O)[O-])cc2[C@H]1C(C#N)C#N. The fourth-order valence-corrected chi connectivity index (χ4v) is 2.12. The van der Waals surface area contributed by atoms with E-state index >= 15 is 0 Å². The molecule has 1 aliphatic heterocycles. The Kier molecular flexibility index (Phi) is 3.43. The fourth-order valence-electron chi connectivity index (χ4n) is 2.12. The highest BCUT2D eigenvalue weighted by molar-refractivity contribution is 5.55. The molecule has 0 bridgehead atoms. The number of allylic oxidation sites excluding steroid dienone is 1. The number of nitro benzene ring substituents is 1. The van der Waals surface area contributed by atoms with E-state index in [2.05, 4.69) is 0 Å². The number of non-ortho nitro benzene ring substituents is 1. The van der Waals surface area contributed by atoms with Crippen LogP contribution in [0.1, 0.15) is 11.5 Å². The second-order valence-electron chi connectivity index (χ2n) is 4.18. The van der Waals surface area contributed by atoms with Gasteiger partial charge in [-0.1, -0.05) is 0 Å². The van der Waals surface area contributed by atoms with Crippen molar-refractivity contribution in [3.63, 3.8) is 0 Å². The van der Waals surface area contributed by atoms with Crippen molar-refractivity contribution < 1.29 is 9.66 Å². The van der Waals surface area contributed by atoms with Gasteiger partial charge in [-0.2, -0.15) is 15.8 Å². The maximum Gasteiger partial charge on any atom is 0.269 e. The van der Waals surface area contributed by atoms with Crippen molar-refractivity contribution in [3.05, 3.63) is 45.3 Å². The molecule has 0 aliphatic carbocycles. The van der Waals surface area contributed by atoms with Gasteiger partial charge in [0.15, 0.2) is 0 Å². The molecule has 0 fully saturated rings. The van der Waals surface area contributed by atoms with E-state index in [1.165, 1.54) is 18.2 Å². The van der Waals surface area contributed by atoms with Gasteiger partial charge in [0.05, 0.1) is 28.6 Å². The third-order valence-corrected chi connectivity index (χ3v) is 3.07. The monoisotopic (exact) mass is 281 g/mol. The van der Waals surface area contributed by atoms with Crippen LogP contribution < -0.4 is 10.5 Å². The van der Waals surface area contributed by atoms with Gasteiger partial charge in [0.1, 0.15) is 17.7 Å². The lowest BCUT2D eigenvalue weighted by Gasteiger charge is -2.26. The molecule has 1 atom stereocenters. The summed E-state index contributed by atoms with van der Waals surface area (Å²) in [7, 11) is 0. The van der Waals surface area contributed by atoms with Crippen LogP contribution >= 0.6 is 0 Å². The maximum atomic E-state index is 10.9. The smallest absolute Gasteiger partial charge is 0.269 e. The number of ether oxygens (including phenoxy) is 1. The highest BCUT2D eigenvalue weighted by atomic mass is 16.6. The molecule has 0 saturated heterocycles. The number of hydrogen-bond donors (Lipinski definition) is 1. The van der Waals surface area contributed by atoms with E-state index in [1.807, 2.05) is 0 Å². The number of hydrogen-bond acceptors (Lipinski definition) is 7. The summed E-state index contributed by atoms with van der Waals surface area (Å²) in [6.45, 7) is 0. The van der Waals surface area contributed by atoms with Crippen molar-refractivity contribution in [2.75, 3.05) is 0 Å². The van der Waals surface area contributed by atoms with Crippen molar-refractivity contribution in [1.29, 1.82) is 15.8 Å². The van der Waals surface area contributed by atoms with E-state index in [0.717, 1.165) is 0 Å². The van der Waals surface area contributed by atoms with Crippen LogP contribution in [0.25, 0.3) is 0 Å². The zero-order valence-corrected chi connectivity index (χ0v) is 10.5. The average Bonchev–Trinajstić information content (AvgIpc) is 2.47. The minimum absolute atomic E-state index is 0.0869. The molecule has 2 rings (SSSR count). The lowest BCUT2D eigenvalue weighted by molar-refractivity contribution is -0.385. The Balaban J connectivity index is 2.70. The molecule has 2 N–H and O–H groups in total. The molecule has 0 saturated carbocycles. The lowest BCUT2D eigenvalue weighted by Crippen LogP contribution is -2.24. The molecule has 0 spiro atoms. The summed E-state index contributed by atoms with van der Waals surface area (Å²) in [5, 5.41) is 38.1. The molecular weight excluding hydrogens is 274 g/mol. The predicted octanol–water partition coefficient (Wildman–Crippen LogP) is 1.43. The molecule has 0 amide bonds. The summed E-state index contributed by atoms with van der Waals surface area (Å²) in [4.78, 5) is 10.2. The van der Waals surface area contributed by atoms with Gasteiger partial charge in [0.25, 0.3) is 5.69 Å². The van der Waals surface area contributed by atoms with Crippen molar-refractivity contribution in [2.45, 2.75) is 5.92 Å². The number of rotatable bonds is 2. The zero-order chi connectivity index (χ0) is 15.6. The van der Waals surface area contributed by atoms with Crippen molar-refractivity contribution >= 4 is 5.69 Å². The highest BCUT2D eigenvalue weighted by Gasteiger charge is 2.36. The van der Waals surface area contributed by atoms with Gasteiger partial charge in [-0.05, 0) is 6.07 Å². The fraction of sp³-hybridized carbons (Fsp3) is 0.154. The molecule has 21 heavy (non-hydrogen) atoms. The van der Waals surface area contributed by atoms with E-state index in [0.29, 0.717) is 0 Å². The maximum absolute atomic E-state index is 10.9. The molecule has 0 aromatic heterocycles. The minimum Gasteiger partial charge on any atom is -0.440 e. The van der Waals surface area contributed by atoms with Crippen LogP contribution in [0.4, 0.5) is 5.69 Å². The van der Waals surface area contributed by atoms with Crippen LogP contribution in [-0.4, -0.2) is 4.92 Å². The Labute approximate surface area is 119 Å². The third-order valence-electron chi connectivity index (χ3n) is 3.07. The standard InChI is InChI=1S/C13H7N5O3/c14-4-7(5-15)12-9-3-8(18(19)20)1-2-11(9)21-13(17)10(12)6-16/h1-3,7,12H,17H2/t12-/m1/s1. The topological polar surface area (TPSA) is 150 Å². The summed E-state index contributed by atoms with van der Waals surface area (Å²) >= 11 is 0. The Morgan fingerprint density at radius 2 is 2.00 bits per heavy atom. The molecule has 1 aromatic carbocycles. The molecule has 8 nitrogen and oxygen atoms in total. The van der Waals surface area contributed by atoms with E-state index < -0.39 is 16.8 Å². The average molecular weight is 281 g/mol. The van der Waals surface area contributed by atoms with Gasteiger partial charge in [-0.25, -0.2) is 0 Å². The first-order chi connectivity index (χ1) is 10.0. The summed E-state index contributed by atoms with van der Waals surface area (Å²) in [6.07, 6.45) is 0. The molecule has 1 heterocycles. The van der Waals surface area contributed by atoms with E-state index in [1.54, 1.807) is 18.2 Å². The van der Waals surface area contributed by atoms with Crippen LogP contribution in [0.3, 0.4) is 0 Å². The first kappa shape index (κ1) is 13.9. The van der Waals surface area contributed by atoms with Gasteiger partial charge >= 0.3 is 0 Å². The van der Waals surface area contributed by atoms with Gasteiger partial charge in [-0.3, -0.25) is 10.1 Å². The Morgan fingerprint density at radius 1 is 1.33 bits per heavy atom. The van der Waals surface area contributed by atoms with E-state index in [-0.39, 0.29) is 28.5 Å². The minimum atomic E-state index is -1.21. The molecule has 8 heteroatoms. The predicted molar refractivity (Wildman–Crippen MR) is 68.0 cm³/mol. The van der Waals surface area contributed by atoms with Crippen molar-refractivity contribution in [1.82, 2.24) is 0 Å². The van der Waals surface area contributed by atoms with E-state index in [9.17, 15) is 10.1 Å². The summed E-state index contributed by atoms with van der Waals surface area (Å²) in [5.41, 5.74) is 5.53. The van der Waals surface area contributed by atoms with Crippen LogP contribution in [0.5, 0.6) is 5.75 Å². The van der Waals surface area contributed by atoms with Gasteiger partial charge in [-0.15, -0.1) is 0 Å². The summed E-state index contributed by atoms with van der Waals surface area (Å²) in [5.74, 6) is -2.20. The Morgan fingerprint density at radius 3 is 2.52 bits per heavy atom. The van der Waals surface area contributed by atoms with E-state index in [4.69, 9.17) is 26.3 Å². The molecule has 1 aromatic rings. The molecule has 0 radical (unpaired) electrons. The first-order valence-electron chi connectivity index (χ1n) is 5.68. The summed E-state index contributed by atoms with van der Waals surface area (Å²) < 4.78 is 5.23. The number of nitrogens with zero attached hydrogens (tertiary/aromatic N) is 4. The van der Waals surface area contributed by atoms with Gasteiger partial charge in [0, 0.05) is 17.7 Å². The largest absolute Gasteiger partial charge is 0.440 e. The number of nitro groups is 1.